The summed E-state index contributed by atoms with van der Waals surface area (Å²) in [5.41, 5.74) is 2.16. The summed E-state index contributed by atoms with van der Waals surface area (Å²) in [5, 5.41) is 15.3. The molecule has 1 aliphatic rings. The van der Waals surface area contributed by atoms with Gasteiger partial charge in [-0.25, -0.2) is 9.18 Å². The van der Waals surface area contributed by atoms with E-state index in [0.717, 1.165) is 5.56 Å². The molecule has 30 heavy (non-hydrogen) atoms. The van der Waals surface area contributed by atoms with Crippen LogP contribution >= 0.6 is 0 Å². The monoisotopic (exact) mass is 409 g/mol. The van der Waals surface area contributed by atoms with E-state index in [0.29, 0.717) is 28.3 Å². The lowest BCUT2D eigenvalue weighted by atomic mass is 9.84. The summed E-state index contributed by atoms with van der Waals surface area (Å²) in [6.07, 6.45) is 0. The molecule has 0 radical (unpaired) electrons. The summed E-state index contributed by atoms with van der Waals surface area (Å²) >= 11 is 0. The first-order valence-electron chi connectivity index (χ1n) is 9.50. The van der Waals surface area contributed by atoms with Gasteiger partial charge in [0.2, 0.25) is 0 Å². The first kappa shape index (κ1) is 21.2. The number of ether oxygens (including phenoxy) is 2. The first-order valence-corrected chi connectivity index (χ1v) is 9.50. The van der Waals surface area contributed by atoms with Gasteiger partial charge >= 0.3 is 6.03 Å². The van der Waals surface area contributed by atoms with Crippen LogP contribution in [0.25, 0.3) is 0 Å². The lowest BCUT2D eigenvalue weighted by molar-refractivity contribution is 0.235. The van der Waals surface area contributed by atoms with Crippen LogP contribution in [-0.4, -0.2) is 13.1 Å². The summed E-state index contributed by atoms with van der Waals surface area (Å²) in [6.45, 7) is 6.07. The largest absolute Gasteiger partial charge is 0.493 e. The third-order valence-electron chi connectivity index (χ3n) is 4.77. The third-order valence-corrected chi connectivity index (χ3v) is 4.77. The van der Waals surface area contributed by atoms with Crippen LogP contribution in [0.15, 0.2) is 53.7 Å². The molecule has 6 nitrogen and oxygen atoms in total. The van der Waals surface area contributed by atoms with Crippen molar-refractivity contribution in [2.45, 2.75) is 33.4 Å². The molecule has 0 spiro atoms. The van der Waals surface area contributed by atoms with Crippen molar-refractivity contribution in [2.75, 3.05) is 7.11 Å². The number of nitrogens with zero attached hydrogens (tertiary/aromatic N) is 1. The Morgan fingerprint density at radius 3 is 2.43 bits per heavy atom. The van der Waals surface area contributed by atoms with Crippen molar-refractivity contribution in [2.24, 2.45) is 5.41 Å². The molecule has 3 rings (SSSR count). The molecule has 0 saturated carbocycles. The van der Waals surface area contributed by atoms with E-state index in [-0.39, 0.29) is 18.5 Å². The van der Waals surface area contributed by atoms with Crippen LogP contribution in [0.4, 0.5) is 9.18 Å². The van der Waals surface area contributed by atoms with Gasteiger partial charge in [-0.15, -0.1) is 0 Å². The van der Waals surface area contributed by atoms with Crippen LogP contribution < -0.4 is 20.1 Å². The van der Waals surface area contributed by atoms with Gasteiger partial charge in [0, 0.05) is 11.1 Å². The van der Waals surface area contributed by atoms with Crippen LogP contribution in [0.2, 0.25) is 0 Å². The number of methoxy groups -OCH3 is 1. The fourth-order valence-corrected chi connectivity index (χ4v) is 3.25. The third kappa shape index (κ3) is 4.54. The first-order chi connectivity index (χ1) is 14.2. The highest BCUT2D eigenvalue weighted by molar-refractivity contribution is 5.80. The van der Waals surface area contributed by atoms with Crippen molar-refractivity contribution >= 4 is 6.03 Å². The number of carbonyl (C=O) groups excluding carboxylic acids is 1. The maximum Gasteiger partial charge on any atom is 0.319 e. The Morgan fingerprint density at radius 2 is 1.83 bits per heavy atom. The molecule has 1 heterocycles. The minimum absolute atomic E-state index is 0.248. The lowest BCUT2D eigenvalue weighted by Gasteiger charge is -2.33. The molecular weight excluding hydrogens is 385 g/mol. The fraction of sp³-hybridized carbons (Fsp3) is 0.304. The second-order valence-electron chi connectivity index (χ2n) is 8.01. The quantitative estimate of drug-likeness (QED) is 0.757. The number of amides is 2. The SMILES string of the molecule is COc1cc([C@H]2NC(=O)NC(C(C)(C)C)=C2C#N)ccc1OCc1ccc(F)cc1. The zero-order valence-corrected chi connectivity index (χ0v) is 17.4. The predicted octanol–water partition coefficient (Wildman–Crippen LogP) is 4.59. The summed E-state index contributed by atoms with van der Waals surface area (Å²) in [4.78, 5) is 12.2. The molecule has 2 aromatic carbocycles. The van der Waals surface area contributed by atoms with E-state index in [1.807, 2.05) is 20.8 Å². The molecule has 1 aliphatic heterocycles. The molecule has 0 aromatic heterocycles. The second-order valence-corrected chi connectivity index (χ2v) is 8.01. The van der Waals surface area contributed by atoms with Gasteiger partial charge < -0.3 is 20.1 Å². The maximum atomic E-state index is 13.1. The number of nitrogens with one attached hydrogen (secondary N) is 2. The average Bonchev–Trinajstić information content (AvgIpc) is 2.72. The molecule has 2 N–H and O–H groups in total. The molecule has 0 aliphatic carbocycles. The van der Waals surface area contributed by atoms with Gasteiger partial charge in [0.15, 0.2) is 11.5 Å². The number of benzene rings is 2. The Hall–Kier alpha value is -3.53. The highest BCUT2D eigenvalue weighted by Crippen LogP contribution is 2.37. The van der Waals surface area contributed by atoms with Gasteiger partial charge in [0.25, 0.3) is 0 Å². The molecule has 7 heteroatoms. The number of allylic oxidation sites excluding steroid dienone is 1. The highest BCUT2D eigenvalue weighted by Gasteiger charge is 2.34. The van der Waals surface area contributed by atoms with E-state index in [1.54, 1.807) is 30.3 Å². The molecule has 1 atom stereocenters. The number of carbonyl (C=O) groups is 1. The Balaban J connectivity index is 1.90. The minimum atomic E-state index is -0.599. The summed E-state index contributed by atoms with van der Waals surface area (Å²) in [5.74, 6) is 0.669. The van der Waals surface area contributed by atoms with E-state index in [9.17, 15) is 14.4 Å². The van der Waals surface area contributed by atoms with Gasteiger partial charge in [-0.3, -0.25) is 0 Å². The number of urea groups is 1. The Morgan fingerprint density at radius 1 is 1.13 bits per heavy atom. The normalized spacial score (nSPS) is 16.4. The molecule has 156 valence electrons. The van der Waals surface area contributed by atoms with Gasteiger partial charge in [-0.2, -0.15) is 5.26 Å². The van der Waals surface area contributed by atoms with Crippen LogP contribution in [0, 0.1) is 22.6 Å². The van der Waals surface area contributed by atoms with Crippen molar-refractivity contribution < 1.29 is 18.7 Å². The van der Waals surface area contributed by atoms with Crippen LogP contribution in [0.5, 0.6) is 11.5 Å². The highest BCUT2D eigenvalue weighted by atomic mass is 19.1. The topological polar surface area (TPSA) is 83.4 Å². The van der Waals surface area contributed by atoms with Gasteiger partial charge in [0.1, 0.15) is 12.4 Å². The van der Waals surface area contributed by atoms with E-state index in [4.69, 9.17) is 9.47 Å². The summed E-state index contributed by atoms with van der Waals surface area (Å²) in [7, 11) is 1.52. The number of hydrogen-bond acceptors (Lipinski definition) is 4. The smallest absolute Gasteiger partial charge is 0.319 e. The second kappa shape index (κ2) is 8.46. The number of halogens is 1. The van der Waals surface area contributed by atoms with Crippen LogP contribution in [0.3, 0.4) is 0 Å². The zero-order valence-electron chi connectivity index (χ0n) is 17.4. The van der Waals surface area contributed by atoms with Crippen molar-refractivity contribution in [3.8, 4) is 17.6 Å². The van der Waals surface area contributed by atoms with Gasteiger partial charge in [-0.05, 0) is 35.4 Å². The van der Waals surface area contributed by atoms with E-state index >= 15 is 0 Å². The number of hydrogen-bond donors (Lipinski definition) is 2. The number of nitriles is 1. The Labute approximate surface area is 175 Å². The predicted molar refractivity (Wildman–Crippen MR) is 110 cm³/mol. The van der Waals surface area contributed by atoms with Crippen LogP contribution in [-0.2, 0) is 6.61 Å². The average molecular weight is 409 g/mol. The zero-order chi connectivity index (χ0) is 21.9. The fourth-order valence-electron chi connectivity index (χ4n) is 3.25. The van der Waals surface area contributed by atoms with E-state index in [1.165, 1.54) is 19.2 Å². The van der Waals surface area contributed by atoms with Gasteiger partial charge in [-0.1, -0.05) is 39.0 Å². The standard InChI is InChI=1S/C23H24FN3O3/c1-23(2,3)21-17(12-25)20(26-22(28)27-21)15-7-10-18(19(11-15)29-4)30-13-14-5-8-16(24)9-6-14/h5-11,20H,13H2,1-4H3,(H2,26,27,28)/t20-/m1/s1. The van der Waals surface area contributed by atoms with Crippen molar-refractivity contribution in [1.29, 1.82) is 5.26 Å². The Bertz CT molecular complexity index is 1020. The van der Waals surface area contributed by atoms with Crippen molar-refractivity contribution in [1.82, 2.24) is 10.6 Å². The molecule has 0 saturated heterocycles. The molecule has 2 amide bonds. The van der Waals surface area contributed by atoms with E-state index in [2.05, 4.69) is 16.7 Å². The molecule has 0 bridgehead atoms. The summed E-state index contributed by atoms with van der Waals surface area (Å²) < 4.78 is 24.3. The molecule has 0 unspecified atom stereocenters. The molecular formula is C23H24FN3O3. The maximum absolute atomic E-state index is 13.1. The van der Waals surface area contributed by atoms with Gasteiger partial charge in [0.05, 0.1) is 24.8 Å². The lowest BCUT2D eigenvalue weighted by Crippen LogP contribution is -2.46. The van der Waals surface area contributed by atoms with Crippen molar-refractivity contribution in [3.63, 3.8) is 0 Å². The minimum Gasteiger partial charge on any atom is -0.493 e. The van der Waals surface area contributed by atoms with Crippen LogP contribution in [0.1, 0.15) is 37.9 Å². The number of rotatable bonds is 5. The van der Waals surface area contributed by atoms with Crippen molar-refractivity contribution in [3.05, 3.63) is 70.7 Å². The molecule has 2 aromatic rings. The molecule has 0 fully saturated rings. The Kier molecular flexibility index (Phi) is 5.97. The summed E-state index contributed by atoms with van der Waals surface area (Å²) in [6, 6.07) is 12.6. The van der Waals surface area contributed by atoms with E-state index < -0.39 is 11.5 Å².